The SMILES string of the molecule is CCCCCCCCCCCCCCCCCCc1ccccc1S(=O)(=O)[O-].CCCCCCCCCCCCCCCCCCc1ccccc1S(=O)(=O)[O-].[Ba+2]. The van der Waals surface area contributed by atoms with Crippen molar-refractivity contribution in [1.82, 2.24) is 0 Å². The Morgan fingerprint density at radius 2 is 0.526 bits per heavy atom. The normalized spacial score (nSPS) is 11.6. The first-order valence-electron chi connectivity index (χ1n) is 23.2. The molecule has 0 radical (unpaired) electrons. The van der Waals surface area contributed by atoms with Gasteiger partial charge in [0.15, 0.2) is 0 Å². The van der Waals surface area contributed by atoms with Crippen molar-refractivity contribution in [3.63, 3.8) is 0 Å². The van der Waals surface area contributed by atoms with Gasteiger partial charge in [-0.3, -0.25) is 0 Å². The fourth-order valence-electron chi connectivity index (χ4n) is 7.64. The Hall–Kier alpha value is -0.169. The molecule has 0 aliphatic rings. The zero-order valence-electron chi connectivity index (χ0n) is 36.6. The van der Waals surface area contributed by atoms with Crippen LogP contribution in [0.3, 0.4) is 0 Å². The van der Waals surface area contributed by atoms with E-state index in [1.54, 1.807) is 36.4 Å². The Balaban J connectivity index is 0.00000108. The van der Waals surface area contributed by atoms with Crippen LogP contribution in [-0.2, 0) is 33.1 Å². The Bertz CT molecular complexity index is 1310. The Kier molecular flexibility index (Phi) is 38.6. The molecule has 0 heterocycles. The monoisotopic (exact) mass is 956 g/mol. The molecule has 0 fully saturated rings. The van der Waals surface area contributed by atoms with Gasteiger partial charge in [0, 0.05) is 0 Å². The third kappa shape index (κ3) is 33.2. The summed E-state index contributed by atoms with van der Waals surface area (Å²) in [6, 6.07) is 13.2. The molecule has 9 heteroatoms. The largest absolute Gasteiger partial charge is 2.00 e. The molecule has 0 aromatic heterocycles. The van der Waals surface area contributed by atoms with Gasteiger partial charge < -0.3 is 9.11 Å². The predicted molar refractivity (Wildman–Crippen MR) is 241 cm³/mol. The molecule has 324 valence electrons. The minimum absolute atomic E-state index is 0. The van der Waals surface area contributed by atoms with Gasteiger partial charge in [0.25, 0.3) is 0 Å². The van der Waals surface area contributed by atoms with Gasteiger partial charge in [-0.2, -0.15) is 0 Å². The molecule has 0 atom stereocenters. The van der Waals surface area contributed by atoms with E-state index >= 15 is 0 Å². The van der Waals surface area contributed by atoms with Crippen LogP contribution in [0.15, 0.2) is 58.3 Å². The average molecular weight is 957 g/mol. The van der Waals surface area contributed by atoms with E-state index in [-0.39, 0.29) is 58.7 Å². The fourth-order valence-corrected chi connectivity index (χ4v) is 9.11. The molecule has 2 aromatic carbocycles. The molecule has 0 amide bonds. The van der Waals surface area contributed by atoms with E-state index in [2.05, 4.69) is 13.8 Å². The van der Waals surface area contributed by atoms with Crippen LogP contribution in [0.4, 0.5) is 0 Å². The predicted octanol–water partition coefficient (Wildman–Crippen LogP) is 14.4. The maximum atomic E-state index is 11.3. The summed E-state index contributed by atoms with van der Waals surface area (Å²) >= 11 is 0. The second-order valence-electron chi connectivity index (χ2n) is 16.2. The van der Waals surface area contributed by atoms with Crippen LogP contribution >= 0.6 is 0 Å². The number of benzene rings is 2. The zero-order valence-corrected chi connectivity index (χ0v) is 42.7. The minimum atomic E-state index is -4.36. The fraction of sp³-hybridized carbons (Fsp3) is 0.750. The number of aryl methyl sites for hydroxylation is 2. The van der Waals surface area contributed by atoms with Gasteiger partial charge >= 0.3 is 48.9 Å². The van der Waals surface area contributed by atoms with E-state index in [1.165, 1.54) is 192 Å². The van der Waals surface area contributed by atoms with Crippen molar-refractivity contribution in [3.05, 3.63) is 59.7 Å². The number of rotatable bonds is 36. The molecule has 2 rings (SSSR count). The second-order valence-corrected chi connectivity index (χ2v) is 18.9. The van der Waals surface area contributed by atoms with Gasteiger partial charge in [-0.25, -0.2) is 16.8 Å². The van der Waals surface area contributed by atoms with Crippen molar-refractivity contribution in [1.29, 1.82) is 0 Å². The van der Waals surface area contributed by atoms with E-state index < -0.39 is 20.2 Å². The smallest absolute Gasteiger partial charge is 0.744 e. The molecule has 0 spiro atoms. The standard InChI is InChI=1S/2C24H42O3S.Ba/c2*1-2-3-4-5-6-7-8-9-10-11-12-13-14-15-16-17-20-23-21-18-19-22-24(23)28(25,26)27;/h2*18-19,21-22H,2-17,20H2,1H3,(H,25,26,27);/q;;+2/p-2. The van der Waals surface area contributed by atoms with Crippen LogP contribution in [0, 0.1) is 0 Å². The first-order chi connectivity index (χ1) is 27.1. The van der Waals surface area contributed by atoms with Crippen LogP contribution in [0.5, 0.6) is 0 Å². The topological polar surface area (TPSA) is 114 Å². The molecule has 0 bridgehead atoms. The number of hydrogen-bond donors (Lipinski definition) is 0. The van der Waals surface area contributed by atoms with Crippen LogP contribution in [0.2, 0.25) is 0 Å². The second kappa shape index (κ2) is 38.7. The van der Waals surface area contributed by atoms with Gasteiger partial charge in [0.2, 0.25) is 0 Å². The van der Waals surface area contributed by atoms with Crippen LogP contribution in [0.1, 0.15) is 230 Å². The summed E-state index contributed by atoms with van der Waals surface area (Å²) in [6.45, 7) is 4.54. The summed E-state index contributed by atoms with van der Waals surface area (Å²) in [5.74, 6) is 0. The molecular formula is C48H82BaO6S2. The number of unbranched alkanes of at least 4 members (excludes halogenated alkanes) is 30. The maximum absolute atomic E-state index is 11.3. The van der Waals surface area contributed by atoms with Crippen molar-refractivity contribution in [2.75, 3.05) is 0 Å². The van der Waals surface area contributed by atoms with E-state index in [4.69, 9.17) is 0 Å². The molecule has 0 unspecified atom stereocenters. The Morgan fingerprint density at radius 1 is 0.333 bits per heavy atom. The molecule has 6 nitrogen and oxygen atoms in total. The first kappa shape index (κ1) is 56.8. The summed E-state index contributed by atoms with van der Waals surface area (Å²) in [5, 5.41) is 0. The summed E-state index contributed by atoms with van der Waals surface area (Å²) in [5.41, 5.74) is 1.34. The van der Waals surface area contributed by atoms with Crippen molar-refractivity contribution < 1.29 is 25.9 Å². The van der Waals surface area contributed by atoms with Crippen LogP contribution in [-0.4, -0.2) is 74.8 Å². The van der Waals surface area contributed by atoms with E-state index in [0.29, 0.717) is 24.0 Å². The maximum Gasteiger partial charge on any atom is 2.00 e. The van der Waals surface area contributed by atoms with Crippen molar-refractivity contribution in [2.24, 2.45) is 0 Å². The van der Waals surface area contributed by atoms with Gasteiger partial charge in [-0.05, 0) is 48.9 Å². The van der Waals surface area contributed by atoms with Crippen LogP contribution < -0.4 is 0 Å². The van der Waals surface area contributed by atoms with Gasteiger partial charge in [-0.1, -0.05) is 243 Å². The third-order valence-electron chi connectivity index (χ3n) is 11.1. The van der Waals surface area contributed by atoms with Crippen LogP contribution in [0.25, 0.3) is 0 Å². The molecule has 0 aliphatic heterocycles. The quantitative estimate of drug-likeness (QED) is 0.0382. The number of hydrogen-bond acceptors (Lipinski definition) is 6. The summed E-state index contributed by atoms with van der Waals surface area (Å²) in [7, 11) is -8.71. The van der Waals surface area contributed by atoms with Crippen molar-refractivity contribution in [3.8, 4) is 0 Å². The molecule has 0 N–H and O–H groups in total. The summed E-state index contributed by atoms with van der Waals surface area (Å²) < 4.78 is 67.6. The van der Waals surface area contributed by atoms with Gasteiger partial charge in [0.05, 0.1) is 9.79 Å². The van der Waals surface area contributed by atoms with E-state index in [9.17, 15) is 25.9 Å². The van der Waals surface area contributed by atoms with Gasteiger partial charge in [0.1, 0.15) is 20.2 Å². The first-order valence-corrected chi connectivity index (χ1v) is 26.0. The van der Waals surface area contributed by atoms with Crippen molar-refractivity contribution >= 4 is 69.1 Å². The van der Waals surface area contributed by atoms with Crippen molar-refractivity contribution in [2.45, 2.75) is 242 Å². The molecule has 2 aromatic rings. The Labute approximate surface area is 392 Å². The zero-order chi connectivity index (χ0) is 41.0. The molecule has 0 aliphatic carbocycles. The third-order valence-corrected chi connectivity index (χ3v) is 13.0. The molecule has 57 heavy (non-hydrogen) atoms. The van der Waals surface area contributed by atoms with E-state index in [0.717, 1.165) is 25.7 Å². The molecule has 0 saturated carbocycles. The minimum Gasteiger partial charge on any atom is -0.744 e. The van der Waals surface area contributed by atoms with E-state index in [1.807, 2.05) is 0 Å². The average Bonchev–Trinajstić information content (AvgIpc) is 3.17. The summed E-state index contributed by atoms with van der Waals surface area (Å²) in [4.78, 5) is -0.0908. The molecule has 0 saturated heterocycles. The Morgan fingerprint density at radius 3 is 0.737 bits per heavy atom. The van der Waals surface area contributed by atoms with Gasteiger partial charge in [-0.15, -0.1) is 0 Å². The summed E-state index contributed by atoms with van der Waals surface area (Å²) in [6.07, 6.45) is 43.6. The molecular weight excluding hydrogens is 874 g/mol.